The smallest absolute Gasteiger partial charge is 0.122 e. The van der Waals surface area contributed by atoms with E-state index in [0.29, 0.717) is 6.54 Å². The number of nitrogens with one attached hydrogen (secondary N) is 1. The van der Waals surface area contributed by atoms with Crippen LogP contribution in [-0.4, -0.2) is 12.3 Å². The summed E-state index contributed by atoms with van der Waals surface area (Å²) in [6.45, 7) is 8.92. The Balaban J connectivity index is 3.29. The minimum absolute atomic E-state index is 0.0310. The van der Waals surface area contributed by atoms with E-state index >= 15 is 0 Å². The van der Waals surface area contributed by atoms with Crippen LogP contribution in [0.1, 0.15) is 37.5 Å². The van der Waals surface area contributed by atoms with Gasteiger partial charge in [-0.05, 0) is 41.2 Å². The monoisotopic (exact) mass is 223 g/mol. The second-order valence-corrected chi connectivity index (χ2v) is 5.06. The lowest BCUT2D eigenvalue weighted by Crippen LogP contribution is -2.15. The van der Waals surface area contributed by atoms with Crippen LogP contribution in [0, 0.1) is 6.92 Å². The number of methoxy groups -OCH3 is 1. The maximum atomic E-state index is 8.78. The molecule has 1 aromatic carbocycles. The molecule has 2 N–H and O–H groups in total. The fraction of sp³-hybridized carbons (Fsp3) is 0.538. The Morgan fingerprint density at radius 2 is 1.94 bits per heavy atom. The van der Waals surface area contributed by atoms with Gasteiger partial charge < -0.3 is 9.94 Å². The van der Waals surface area contributed by atoms with Gasteiger partial charge in [-0.2, -0.15) is 0 Å². The molecular formula is C13H21NO2. The largest absolute Gasteiger partial charge is 0.496 e. The molecule has 0 bridgehead atoms. The molecule has 0 saturated heterocycles. The first kappa shape index (κ1) is 13.0. The van der Waals surface area contributed by atoms with Crippen LogP contribution in [0.2, 0.25) is 0 Å². The van der Waals surface area contributed by atoms with E-state index in [1.54, 1.807) is 7.11 Å². The zero-order valence-corrected chi connectivity index (χ0v) is 10.7. The summed E-state index contributed by atoms with van der Waals surface area (Å²) in [6.07, 6.45) is 0. The second kappa shape index (κ2) is 4.85. The van der Waals surface area contributed by atoms with E-state index in [1.165, 1.54) is 0 Å². The van der Waals surface area contributed by atoms with E-state index in [9.17, 15) is 0 Å². The van der Waals surface area contributed by atoms with Crippen LogP contribution in [0.15, 0.2) is 12.1 Å². The Labute approximate surface area is 97.4 Å². The predicted octanol–water partition coefficient (Wildman–Crippen LogP) is 2.78. The predicted molar refractivity (Wildman–Crippen MR) is 65.1 cm³/mol. The number of aryl methyl sites for hydroxylation is 1. The van der Waals surface area contributed by atoms with Crippen molar-refractivity contribution in [3.63, 3.8) is 0 Å². The van der Waals surface area contributed by atoms with Crippen LogP contribution in [0.3, 0.4) is 0 Å². The molecule has 0 unspecified atom stereocenters. The minimum Gasteiger partial charge on any atom is -0.496 e. The standard InChI is InChI=1S/C13H21NO2/c1-9-6-12(16-5)11(13(2,3)4)7-10(9)8-14-15/h6-7,14-15H,8H2,1-5H3. The van der Waals surface area contributed by atoms with E-state index in [2.05, 4.69) is 32.3 Å². The molecule has 0 amide bonds. The molecule has 0 aromatic heterocycles. The first-order valence-electron chi connectivity index (χ1n) is 5.45. The van der Waals surface area contributed by atoms with Gasteiger partial charge in [-0.3, -0.25) is 0 Å². The lowest BCUT2D eigenvalue weighted by molar-refractivity contribution is 0.161. The average molecular weight is 223 g/mol. The fourth-order valence-corrected chi connectivity index (χ4v) is 1.76. The molecule has 90 valence electrons. The molecule has 0 aliphatic carbocycles. The van der Waals surface area contributed by atoms with Gasteiger partial charge in [0.15, 0.2) is 0 Å². The summed E-state index contributed by atoms with van der Waals surface area (Å²) in [5, 5.41) is 8.78. The Kier molecular flexibility index (Phi) is 3.94. The van der Waals surface area contributed by atoms with Gasteiger partial charge in [0.2, 0.25) is 0 Å². The van der Waals surface area contributed by atoms with Gasteiger partial charge in [-0.1, -0.05) is 20.8 Å². The first-order chi connectivity index (χ1) is 7.40. The highest BCUT2D eigenvalue weighted by Crippen LogP contribution is 2.33. The number of hydrogen-bond acceptors (Lipinski definition) is 3. The van der Waals surface area contributed by atoms with E-state index in [4.69, 9.17) is 9.94 Å². The second-order valence-electron chi connectivity index (χ2n) is 5.06. The highest BCUT2D eigenvalue weighted by Gasteiger charge is 2.20. The van der Waals surface area contributed by atoms with Crippen LogP contribution in [-0.2, 0) is 12.0 Å². The lowest BCUT2D eigenvalue weighted by Gasteiger charge is -2.24. The summed E-state index contributed by atoms with van der Waals surface area (Å²) >= 11 is 0. The van der Waals surface area contributed by atoms with Crippen molar-refractivity contribution in [2.75, 3.05) is 7.11 Å². The molecule has 0 saturated carbocycles. The van der Waals surface area contributed by atoms with Crippen LogP contribution < -0.4 is 10.2 Å². The van der Waals surface area contributed by atoms with Crippen molar-refractivity contribution in [3.8, 4) is 5.75 Å². The molecule has 0 aliphatic heterocycles. The van der Waals surface area contributed by atoms with Crippen molar-refractivity contribution in [2.45, 2.75) is 39.7 Å². The van der Waals surface area contributed by atoms with Gasteiger partial charge in [-0.15, -0.1) is 0 Å². The summed E-state index contributed by atoms with van der Waals surface area (Å²) in [4.78, 5) is 0. The third-order valence-corrected chi connectivity index (χ3v) is 2.74. The molecule has 16 heavy (non-hydrogen) atoms. The maximum Gasteiger partial charge on any atom is 0.122 e. The van der Waals surface area contributed by atoms with Crippen LogP contribution in [0.4, 0.5) is 0 Å². The topological polar surface area (TPSA) is 41.5 Å². The van der Waals surface area contributed by atoms with Gasteiger partial charge >= 0.3 is 0 Å². The number of hydroxylamine groups is 1. The highest BCUT2D eigenvalue weighted by molar-refractivity contribution is 5.45. The van der Waals surface area contributed by atoms with Crippen LogP contribution >= 0.6 is 0 Å². The summed E-state index contributed by atoms with van der Waals surface area (Å²) < 4.78 is 5.40. The molecule has 1 rings (SSSR count). The highest BCUT2D eigenvalue weighted by atomic mass is 16.5. The average Bonchev–Trinajstić information content (AvgIpc) is 2.19. The summed E-state index contributed by atoms with van der Waals surface area (Å²) in [7, 11) is 1.69. The molecule has 0 spiro atoms. The van der Waals surface area contributed by atoms with Crippen molar-refractivity contribution >= 4 is 0 Å². The zero-order chi connectivity index (χ0) is 12.3. The van der Waals surface area contributed by atoms with Crippen molar-refractivity contribution in [1.29, 1.82) is 0 Å². The van der Waals surface area contributed by atoms with Crippen molar-refractivity contribution in [3.05, 3.63) is 28.8 Å². The first-order valence-corrected chi connectivity index (χ1v) is 5.45. The number of hydrogen-bond donors (Lipinski definition) is 2. The molecule has 1 aromatic rings. The number of benzene rings is 1. The van der Waals surface area contributed by atoms with Gasteiger partial charge in [-0.25, -0.2) is 5.48 Å². The maximum absolute atomic E-state index is 8.78. The van der Waals surface area contributed by atoms with Crippen LogP contribution in [0.5, 0.6) is 5.75 Å². The van der Waals surface area contributed by atoms with E-state index < -0.39 is 0 Å². The van der Waals surface area contributed by atoms with Gasteiger partial charge in [0.1, 0.15) is 5.75 Å². The molecule has 3 nitrogen and oxygen atoms in total. The van der Waals surface area contributed by atoms with E-state index in [0.717, 1.165) is 22.4 Å². The molecule has 0 fully saturated rings. The summed E-state index contributed by atoms with van der Waals surface area (Å²) in [5.41, 5.74) is 5.60. The fourth-order valence-electron chi connectivity index (χ4n) is 1.76. The molecule has 0 aliphatic rings. The molecule has 0 heterocycles. The summed E-state index contributed by atoms with van der Waals surface area (Å²) in [5.74, 6) is 0.909. The van der Waals surface area contributed by atoms with Crippen molar-refractivity contribution < 1.29 is 9.94 Å². The van der Waals surface area contributed by atoms with E-state index in [-0.39, 0.29) is 5.41 Å². The molecule has 3 heteroatoms. The molecule has 0 radical (unpaired) electrons. The third kappa shape index (κ3) is 2.74. The normalized spacial score (nSPS) is 11.6. The zero-order valence-electron chi connectivity index (χ0n) is 10.7. The van der Waals surface area contributed by atoms with Crippen molar-refractivity contribution in [1.82, 2.24) is 5.48 Å². The van der Waals surface area contributed by atoms with Crippen LogP contribution in [0.25, 0.3) is 0 Å². The number of rotatable bonds is 3. The minimum atomic E-state index is 0.0310. The van der Waals surface area contributed by atoms with Gasteiger partial charge in [0, 0.05) is 6.54 Å². The number of ether oxygens (including phenoxy) is 1. The SMILES string of the molecule is COc1cc(C)c(CNO)cc1C(C)(C)C. The van der Waals surface area contributed by atoms with E-state index in [1.807, 2.05) is 13.0 Å². The lowest BCUT2D eigenvalue weighted by atomic mass is 9.84. The molecular weight excluding hydrogens is 202 g/mol. The van der Waals surface area contributed by atoms with Crippen molar-refractivity contribution in [2.24, 2.45) is 0 Å². The molecule has 0 atom stereocenters. The Hall–Kier alpha value is -1.06. The van der Waals surface area contributed by atoms with Gasteiger partial charge in [0.25, 0.3) is 0 Å². The Morgan fingerprint density at radius 3 is 2.38 bits per heavy atom. The Bertz CT molecular complexity index is 367. The quantitative estimate of drug-likeness (QED) is 0.774. The summed E-state index contributed by atoms with van der Waals surface area (Å²) in [6, 6.07) is 4.12. The van der Waals surface area contributed by atoms with Gasteiger partial charge in [0.05, 0.1) is 7.11 Å². The Morgan fingerprint density at radius 1 is 1.31 bits per heavy atom. The third-order valence-electron chi connectivity index (χ3n) is 2.74.